The summed E-state index contributed by atoms with van der Waals surface area (Å²) in [4.78, 5) is 21.2. The van der Waals surface area contributed by atoms with Gasteiger partial charge in [-0.25, -0.2) is 27.8 Å². The van der Waals surface area contributed by atoms with Crippen molar-refractivity contribution in [3.05, 3.63) is 78.5 Å². The van der Waals surface area contributed by atoms with Gasteiger partial charge in [-0.15, -0.1) is 0 Å². The Morgan fingerprint density at radius 2 is 1.89 bits per heavy atom. The summed E-state index contributed by atoms with van der Waals surface area (Å²) in [6.45, 7) is 0. The fourth-order valence-electron chi connectivity index (χ4n) is 4.26. The topological polar surface area (TPSA) is 130 Å². The number of rotatable bonds is 6. The maximum atomic E-state index is 14.5. The van der Waals surface area contributed by atoms with Gasteiger partial charge in [0, 0.05) is 36.0 Å². The van der Waals surface area contributed by atoms with Gasteiger partial charge in [0.25, 0.3) is 0 Å². The Bertz CT molecular complexity index is 1880. The normalized spacial score (nSPS) is 11.9. The van der Waals surface area contributed by atoms with E-state index in [1.165, 1.54) is 18.4 Å². The molecule has 37 heavy (non-hydrogen) atoms. The largest absolute Gasteiger partial charge is 0.335 e. The molecule has 11 heteroatoms. The van der Waals surface area contributed by atoms with Crippen LogP contribution in [0.15, 0.2) is 67.1 Å². The van der Waals surface area contributed by atoms with Crippen molar-refractivity contribution in [2.24, 2.45) is 0 Å². The molecule has 0 aliphatic carbocycles. The van der Waals surface area contributed by atoms with Crippen LogP contribution in [0.3, 0.4) is 0 Å². The molecule has 0 unspecified atom stereocenters. The van der Waals surface area contributed by atoms with Gasteiger partial charge in [0.1, 0.15) is 21.2 Å². The highest BCUT2D eigenvalue weighted by Crippen LogP contribution is 2.32. The van der Waals surface area contributed by atoms with Gasteiger partial charge in [0.15, 0.2) is 17.2 Å². The van der Waals surface area contributed by atoms with E-state index in [-0.39, 0.29) is 12.2 Å². The second-order valence-corrected chi connectivity index (χ2v) is 11.0. The van der Waals surface area contributed by atoms with E-state index in [4.69, 9.17) is 4.98 Å². The van der Waals surface area contributed by atoms with Crippen molar-refractivity contribution in [3.63, 3.8) is 0 Å². The van der Waals surface area contributed by atoms with E-state index in [0.29, 0.717) is 44.9 Å². The van der Waals surface area contributed by atoms with Crippen LogP contribution in [0, 0.1) is 5.82 Å². The van der Waals surface area contributed by atoms with Gasteiger partial charge in [-0.05, 0) is 60.0 Å². The first-order valence-electron chi connectivity index (χ1n) is 11.4. The first kappa shape index (κ1) is 22.9. The van der Waals surface area contributed by atoms with E-state index in [0.717, 1.165) is 16.8 Å². The van der Waals surface area contributed by atoms with Crippen molar-refractivity contribution in [2.45, 2.75) is 6.42 Å². The molecule has 0 atom stereocenters. The molecule has 6 aromatic rings. The van der Waals surface area contributed by atoms with E-state index in [9.17, 15) is 12.8 Å². The zero-order valence-electron chi connectivity index (χ0n) is 19.6. The molecule has 0 radical (unpaired) electrons. The van der Waals surface area contributed by atoms with E-state index in [2.05, 4.69) is 30.1 Å². The number of halogens is 1. The zero-order valence-corrected chi connectivity index (χ0v) is 20.4. The average molecular weight is 514 g/mol. The molecule has 184 valence electrons. The van der Waals surface area contributed by atoms with Crippen LogP contribution in [-0.4, -0.2) is 55.5 Å². The Labute approximate surface area is 210 Å². The molecule has 6 rings (SSSR count). The number of hydrogen-bond donors (Lipinski definition) is 2. The lowest BCUT2D eigenvalue weighted by molar-refractivity contribution is 0.600. The molecule has 0 spiro atoms. The number of benzene rings is 1. The van der Waals surface area contributed by atoms with Gasteiger partial charge in [-0.1, -0.05) is 6.07 Å². The van der Waals surface area contributed by atoms with Crippen LogP contribution in [0.4, 0.5) is 4.39 Å². The van der Waals surface area contributed by atoms with E-state index in [1.54, 1.807) is 30.7 Å². The first-order valence-corrected chi connectivity index (χ1v) is 13.5. The highest BCUT2D eigenvalue weighted by molar-refractivity contribution is 7.90. The molecular formula is C26H20FN7O2S. The number of nitrogens with zero attached hydrogens (tertiary/aromatic N) is 5. The van der Waals surface area contributed by atoms with Gasteiger partial charge in [-0.2, -0.15) is 5.10 Å². The fraction of sp³-hybridized carbons (Fsp3) is 0.115. The molecule has 5 heterocycles. The number of H-pyrrole nitrogens is 2. The summed E-state index contributed by atoms with van der Waals surface area (Å²) in [5.41, 5.74) is 6.46. The number of hydrogen-bond acceptors (Lipinski definition) is 7. The molecule has 0 saturated heterocycles. The number of aromatic nitrogens is 7. The average Bonchev–Trinajstić information content (AvgIpc) is 3.51. The predicted octanol–water partition coefficient (Wildman–Crippen LogP) is 4.35. The number of sulfone groups is 1. The van der Waals surface area contributed by atoms with Crippen LogP contribution >= 0.6 is 0 Å². The Kier molecular flexibility index (Phi) is 5.49. The summed E-state index contributed by atoms with van der Waals surface area (Å²) in [7, 11) is -3.18. The van der Waals surface area contributed by atoms with Crippen molar-refractivity contribution in [3.8, 4) is 33.9 Å². The summed E-state index contributed by atoms with van der Waals surface area (Å²) in [5.74, 6) is -0.0438. The van der Waals surface area contributed by atoms with Gasteiger partial charge >= 0.3 is 0 Å². The van der Waals surface area contributed by atoms with Crippen molar-refractivity contribution >= 4 is 32.0 Å². The molecule has 0 saturated carbocycles. The summed E-state index contributed by atoms with van der Waals surface area (Å²) >= 11 is 0. The SMILES string of the molecule is CS(=O)(=O)CCc1cc(F)cc(-c2ccnc3nc(-c4n[nH]c5ccc(-c6cccnc6)nc45)[nH]c23)c1. The predicted molar refractivity (Wildman–Crippen MR) is 139 cm³/mol. The molecule has 2 N–H and O–H groups in total. The van der Waals surface area contributed by atoms with Crippen LogP contribution in [0.1, 0.15) is 5.56 Å². The number of nitrogens with one attached hydrogen (secondary N) is 2. The number of aryl methyl sites for hydroxylation is 1. The molecule has 0 aliphatic rings. The third-order valence-electron chi connectivity index (χ3n) is 6.01. The maximum absolute atomic E-state index is 14.5. The monoisotopic (exact) mass is 513 g/mol. The smallest absolute Gasteiger partial charge is 0.178 e. The molecule has 0 amide bonds. The highest BCUT2D eigenvalue weighted by Gasteiger charge is 2.18. The highest BCUT2D eigenvalue weighted by atomic mass is 32.2. The number of pyridine rings is 3. The van der Waals surface area contributed by atoms with Gasteiger partial charge < -0.3 is 4.98 Å². The second kappa shape index (κ2) is 8.86. The Morgan fingerprint density at radius 3 is 2.70 bits per heavy atom. The summed E-state index contributed by atoms with van der Waals surface area (Å²) in [5, 5.41) is 7.42. The molecule has 0 fully saturated rings. The molecule has 0 aliphatic heterocycles. The van der Waals surface area contributed by atoms with Crippen molar-refractivity contribution in [1.29, 1.82) is 0 Å². The summed E-state index contributed by atoms with van der Waals surface area (Å²) < 4.78 is 37.7. The fourth-order valence-corrected chi connectivity index (χ4v) is 4.86. The number of aromatic amines is 2. The zero-order chi connectivity index (χ0) is 25.6. The lowest BCUT2D eigenvalue weighted by Crippen LogP contribution is -2.06. The third kappa shape index (κ3) is 4.56. The van der Waals surface area contributed by atoms with Crippen molar-refractivity contribution in [1.82, 2.24) is 35.1 Å². The standard InChI is InChI=1S/C26H20FN7O2S/c1-37(35,36)10-7-15-11-17(13-18(27)12-15)19-6-9-29-25-22(19)31-26(32-25)24-23-21(33-34-24)5-4-20(30-23)16-3-2-8-28-14-16/h2-6,8-9,11-14H,7,10H2,1H3,(H,33,34)(H,29,31,32). The van der Waals surface area contributed by atoms with Gasteiger partial charge in [-0.3, -0.25) is 10.1 Å². The van der Waals surface area contributed by atoms with Crippen LogP contribution in [-0.2, 0) is 16.3 Å². The van der Waals surface area contributed by atoms with Crippen LogP contribution in [0.2, 0.25) is 0 Å². The minimum absolute atomic E-state index is 0.0594. The second-order valence-electron chi connectivity index (χ2n) is 8.78. The minimum atomic E-state index is -3.18. The summed E-state index contributed by atoms with van der Waals surface area (Å²) in [6.07, 6.45) is 6.44. The van der Waals surface area contributed by atoms with Crippen molar-refractivity contribution in [2.75, 3.05) is 12.0 Å². The molecular weight excluding hydrogens is 493 g/mol. The molecule has 0 bridgehead atoms. The van der Waals surface area contributed by atoms with E-state index >= 15 is 0 Å². The van der Waals surface area contributed by atoms with E-state index in [1.807, 2.05) is 24.3 Å². The van der Waals surface area contributed by atoms with Gasteiger partial charge in [0.05, 0.1) is 22.5 Å². The Balaban J connectivity index is 1.44. The van der Waals surface area contributed by atoms with Crippen LogP contribution in [0.5, 0.6) is 0 Å². The molecule has 5 aromatic heterocycles. The first-order chi connectivity index (χ1) is 17.8. The van der Waals surface area contributed by atoms with Gasteiger partial charge in [0.2, 0.25) is 0 Å². The van der Waals surface area contributed by atoms with Crippen molar-refractivity contribution < 1.29 is 12.8 Å². The number of imidazole rings is 1. The minimum Gasteiger partial charge on any atom is -0.335 e. The Hall–Kier alpha value is -4.51. The molecule has 1 aromatic carbocycles. The quantitative estimate of drug-likeness (QED) is 0.339. The van der Waals surface area contributed by atoms with Crippen LogP contribution < -0.4 is 0 Å². The van der Waals surface area contributed by atoms with E-state index < -0.39 is 15.7 Å². The third-order valence-corrected chi connectivity index (χ3v) is 6.96. The Morgan fingerprint density at radius 1 is 1.00 bits per heavy atom. The summed E-state index contributed by atoms with van der Waals surface area (Å²) in [6, 6.07) is 13.9. The maximum Gasteiger partial charge on any atom is 0.178 e. The lowest BCUT2D eigenvalue weighted by atomic mass is 10.0. The lowest BCUT2D eigenvalue weighted by Gasteiger charge is -2.07. The molecule has 9 nitrogen and oxygen atoms in total. The van der Waals surface area contributed by atoms with Crippen LogP contribution in [0.25, 0.3) is 56.1 Å². The number of fused-ring (bicyclic) bond motifs is 2.